The molecule has 35 heavy (non-hydrogen) atoms. The van der Waals surface area contributed by atoms with Gasteiger partial charge >= 0.3 is 6.18 Å². The Labute approximate surface area is 197 Å². The van der Waals surface area contributed by atoms with Crippen LogP contribution < -0.4 is 10.1 Å². The normalized spacial score (nSPS) is 11.5. The van der Waals surface area contributed by atoms with E-state index >= 15 is 0 Å². The van der Waals surface area contributed by atoms with Crippen LogP contribution in [0.5, 0.6) is 5.75 Å². The Morgan fingerprint density at radius 3 is 2.34 bits per heavy atom. The summed E-state index contributed by atoms with van der Waals surface area (Å²) in [6.07, 6.45) is -3.69. The summed E-state index contributed by atoms with van der Waals surface area (Å²) in [7, 11) is 0. The number of carbonyl (C=O) groups is 1. The molecule has 1 amide bonds. The molecule has 0 atom stereocenters. The number of alkyl halides is 3. The van der Waals surface area contributed by atoms with E-state index in [4.69, 9.17) is 10.1 Å². The lowest BCUT2D eigenvalue weighted by atomic mass is 10.1. The van der Waals surface area contributed by atoms with Gasteiger partial charge in [0.2, 0.25) is 0 Å². The van der Waals surface area contributed by atoms with E-state index in [0.717, 1.165) is 35.9 Å². The minimum absolute atomic E-state index is 0.139. The monoisotopic (exact) mass is 489 g/mol. The second-order valence-electron chi connectivity index (χ2n) is 7.35. The van der Waals surface area contributed by atoms with E-state index in [-0.39, 0.29) is 30.9 Å². The third-order valence-corrected chi connectivity index (χ3v) is 4.79. The average molecular weight is 489 g/mol. The van der Waals surface area contributed by atoms with Crippen molar-refractivity contribution in [3.63, 3.8) is 0 Å². The third kappa shape index (κ3) is 7.20. The first-order valence-electron chi connectivity index (χ1n) is 10.3. The molecule has 0 heterocycles. The Morgan fingerprint density at radius 1 is 1.00 bits per heavy atom. The first-order valence-corrected chi connectivity index (χ1v) is 10.3. The second kappa shape index (κ2) is 11.4. The maximum absolute atomic E-state index is 13.7. The van der Waals surface area contributed by atoms with Crippen LogP contribution in [0.15, 0.2) is 71.7 Å². The number of rotatable bonds is 9. The van der Waals surface area contributed by atoms with Gasteiger partial charge < -0.3 is 10.1 Å². The Bertz CT molecular complexity index is 1210. The van der Waals surface area contributed by atoms with Crippen LogP contribution >= 0.6 is 0 Å². The molecule has 10 heteroatoms. The van der Waals surface area contributed by atoms with Gasteiger partial charge in [-0.3, -0.25) is 15.2 Å². The molecule has 0 aliphatic rings. The third-order valence-electron chi connectivity index (χ3n) is 4.79. The lowest BCUT2D eigenvalue weighted by Crippen LogP contribution is -2.23. The van der Waals surface area contributed by atoms with E-state index in [1.165, 1.54) is 12.3 Å². The van der Waals surface area contributed by atoms with Gasteiger partial charge in [-0.15, -0.1) is 0 Å². The van der Waals surface area contributed by atoms with E-state index in [1.807, 2.05) is 35.6 Å². The predicted molar refractivity (Wildman–Crippen MR) is 122 cm³/mol. The van der Waals surface area contributed by atoms with Crippen LogP contribution in [0.1, 0.15) is 23.1 Å². The standard InChI is InChI=1S/C25H20F5N3O2/c26-19-7-4-8-20(27)23(19)33-24(34)21(31)11-12-32-14-17-13-18(25(28,29)30)9-10-22(17)35-15-16-5-2-1-3-6-16/h1-10,12-13,31H,11,14-15H2,(H,33,34). The maximum atomic E-state index is 13.7. The van der Waals surface area contributed by atoms with Gasteiger partial charge in [-0.25, -0.2) is 8.78 Å². The average Bonchev–Trinajstić information content (AvgIpc) is 2.83. The summed E-state index contributed by atoms with van der Waals surface area (Å²) in [5.41, 5.74) is -1.10. The Balaban J connectivity index is 1.65. The highest BCUT2D eigenvalue weighted by Gasteiger charge is 2.31. The molecule has 0 aromatic heterocycles. The Morgan fingerprint density at radius 2 is 1.69 bits per heavy atom. The summed E-state index contributed by atoms with van der Waals surface area (Å²) in [5, 5.41) is 9.75. The molecule has 0 spiro atoms. The van der Waals surface area contributed by atoms with E-state index in [0.29, 0.717) is 0 Å². The van der Waals surface area contributed by atoms with E-state index in [1.54, 1.807) is 0 Å². The fourth-order valence-electron chi connectivity index (χ4n) is 2.97. The molecule has 0 saturated heterocycles. The molecule has 0 bridgehead atoms. The van der Waals surface area contributed by atoms with Crippen molar-refractivity contribution in [2.45, 2.75) is 25.7 Å². The zero-order chi connectivity index (χ0) is 25.4. The number of nitrogens with zero attached hydrogens (tertiary/aromatic N) is 1. The molecular weight excluding hydrogens is 469 g/mol. The lowest BCUT2D eigenvalue weighted by molar-refractivity contribution is -0.137. The van der Waals surface area contributed by atoms with Gasteiger partial charge in [-0.2, -0.15) is 13.2 Å². The van der Waals surface area contributed by atoms with Crippen molar-refractivity contribution >= 4 is 23.5 Å². The number of para-hydroxylation sites is 1. The van der Waals surface area contributed by atoms with Crippen molar-refractivity contribution in [1.29, 1.82) is 5.41 Å². The Kier molecular flexibility index (Phi) is 8.30. The van der Waals surface area contributed by atoms with Crippen LogP contribution in [-0.2, 0) is 24.1 Å². The largest absolute Gasteiger partial charge is 0.489 e. The van der Waals surface area contributed by atoms with E-state index in [2.05, 4.69) is 4.99 Å². The number of hydrogen-bond acceptors (Lipinski definition) is 4. The summed E-state index contributed by atoms with van der Waals surface area (Å²) < 4.78 is 72.5. The molecular formula is C25H20F5N3O2. The van der Waals surface area contributed by atoms with Crippen LogP contribution in [0.25, 0.3) is 0 Å². The van der Waals surface area contributed by atoms with Crippen LogP contribution in [0.3, 0.4) is 0 Å². The highest BCUT2D eigenvalue weighted by atomic mass is 19.4. The van der Waals surface area contributed by atoms with Crippen LogP contribution in [0.4, 0.5) is 27.6 Å². The summed E-state index contributed by atoms with van der Waals surface area (Å²) in [6.45, 7) is -0.0643. The maximum Gasteiger partial charge on any atom is 0.416 e. The molecule has 2 N–H and O–H groups in total. The smallest absolute Gasteiger partial charge is 0.416 e. The zero-order valence-electron chi connectivity index (χ0n) is 18.2. The van der Waals surface area contributed by atoms with Gasteiger partial charge in [0.05, 0.1) is 12.1 Å². The molecule has 0 aliphatic carbocycles. The predicted octanol–water partition coefficient (Wildman–Crippen LogP) is 6.18. The number of ether oxygens (including phenoxy) is 1. The molecule has 0 saturated carbocycles. The number of benzene rings is 3. The number of halogens is 5. The summed E-state index contributed by atoms with van der Waals surface area (Å²) in [4.78, 5) is 16.0. The molecule has 0 unspecified atom stereocenters. The molecule has 0 fully saturated rings. The van der Waals surface area contributed by atoms with E-state index < -0.39 is 40.7 Å². The highest BCUT2D eigenvalue weighted by Crippen LogP contribution is 2.33. The quantitative estimate of drug-likeness (QED) is 0.278. The molecule has 0 aliphatic heterocycles. The van der Waals surface area contributed by atoms with Crippen molar-refractivity contribution in [2.24, 2.45) is 4.99 Å². The molecule has 5 nitrogen and oxygen atoms in total. The number of carbonyl (C=O) groups excluding carboxylic acids is 1. The first kappa shape index (κ1) is 25.5. The number of nitrogens with one attached hydrogen (secondary N) is 2. The van der Waals surface area contributed by atoms with Crippen LogP contribution in [0.2, 0.25) is 0 Å². The fourth-order valence-corrected chi connectivity index (χ4v) is 2.97. The fraction of sp³-hybridized carbons (Fsp3) is 0.160. The minimum atomic E-state index is -4.56. The Hall–Kier alpha value is -4.08. The van der Waals surface area contributed by atoms with Gasteiger partial charge in [-0.1, -0.05) is 36.4 Å². The van der Waals surface area contributed by atoms with Gasteiger partial charge in [0.25, 0.3) is 5.91 Å². The van der Waals surface area contributed by atoms with Crippen LogP contribution in [-0.4, -0.2) is 17.8 Å². The molecule has 3 rings (SSSR count). The van der Waals surface area contributed by atoms with Gasteiger partial charge in [0.1, 0.15) is 35.4 Å². The lowest BCUT2D eigenvalue weighted by Gasteiger charge is -2.14. The second-order valence-corrected chi connectivity index (χ2v) is 7.35. The van der Waals surface area contributed by atoms with Crippen molar-refractivity contribution in [1.82, 2.24) is 0 Å². The summed E-state index contributed by atoms with van der Waals surface area (Å²) >= 11 is 0. The minimum Gasteiger partial charge on any atom is -0.489 e. The number of aliphatic imine (C=N–C) groups is 1. The van der Waals surface area contributed by atoms with E-state index in [9.17, 15) is 26.7 Å². The molecule has 3 aromatic rings. The molecule has 0 radical (unpaired) electrons. The summed E-state index contributed by atoms with van der Waals surface area (Å²) in [6, 6.07) is 15.2. The first-order chi connectivity index (χ1) is 16.6. The van der Waals surface area contributed by atoms with Gasteiger partial charge in [0, 0.05) is 18.2 Å². The highest BCUT2D eigenvalue weighted by molar-refractivity contribution is 6.43. The zero-order valence-corrected chi connectivity index (χ0v) is 18.2. The van der Waals surface area contributed by atoms with Crippen molar-refractivity contribution < 1.29 is 31.5 Å². The molecule has 3 aromatic carbocycles. The number of amides is 1. The molecule has 182 valence electrons. The number of hydrogen-bond donors (Lipinski definition) is 2. The summed E-state index contributed by atoms with van der Waals surface area (Å²) in [5.74, 6) is -2.81. The number of anilines is 1. The van der Waals surface area contributed by atoms with Crippen molar-refractivity contribution in [3.05, 3.63) is 95.1 Å². The van der Waals surface area contributed by atoms with Crippen LogP contribution in [0, 0.1) is 17.0 Å². The van der Waals surface area contributed by atoms with Crippen molar-refractivity contribution in [3.8, 4) is 5.75 Å². The van der Waals surface area contributed by atoms with Crippen molar-refractivity contribution in [2.75, 3.05) is 5.32 Å². The SMILES string of the molecule is N=C(CC=NCc1cc(C(F)(F)F)ccc1OCc1ccccc1)C(=O)Nc1c(F)cccc1F. The van der Waals surface area contributed by atoms with Gasteiger partial charge in [-0.05, 0) is 35.9 Å². The topological polar surface area (TPSA) is 74.5 Å². The van der Waals surface area contributed by atoms with Gasteiger partial charge in [0.15, 0.2) is 0 Å².